The van der Waals surface area contributed by atoms with Gasteiger partial charge in [0.25, 0.3) is 5.91 Å². The Hall–Kier alpha value is -2.19. The van der Waals surface area contributed by atoms with Crippen LogP contribution < -0.4 is 10.8 Å². The molecule has 7 nitrogen and oxygen atoms in total. The number of piperidine rings is 1. The summed E-state index contributed by atoms with van der Waals surface area (Å²) >= 11 is 0. The maximum absolute atomic E-state index is 12.9. The second-order valence-corrected chi connectivity index (χ2v) is 8.40. The van der Waals surface area contributed by atoms with Gasteiger partial charge in [0, 0.05) is 18.5 Å². The van der Waals surface area contributed by atoms with Crippen molar-refractivity contribution in [3.05, 3.63) is 29.3 Å². The molecule has 3 heterocycles. The van der Waals surface area contributed by atoms with E-state index >= 15 is 0 Å². The molecule has 1 N–H and O–H groups in total. The number of fused-ring (bicyclic) bond motifs is 1. The van der Waals surface area contributed by atoms with Crippen molar-refractivity contribution in [2.24, 2.45) is 0 Å². The second kappa shape index (κ2) is 5.91. The Morgan fingerprint density at radius 3 is 2.41 bits per heavy atom. The average Bonchev–Trinajstić information content (AvgIpc) is 3.01. The van der Waals surface area contributed by atoms with Crippen LogP contribution >= 0.6 is 0 Å². The van der Waals surface area contributed by atoms with Gasteiger partial charge in [-0.1, -0.05) is 12.1 Å². The van der Waals surface area contributed by atoms with Gasteiger partial charge in [-0.3, -0.25) is 19.7 Å². The third-order valence-corrected chi connectivity index (χ3v) is 6.08. The molecule has 8 heteroatoms. The van der Waals surface area contributed by atoms with Crippen molar-refractivity contribution >= 4 is 30.3 Å². The molecule has 2 fully saturated rings. The van der Waals surface area contributed by atoms with E-state index in [0.29, 0.717) is 18.5 Å². The highest BCUT2D eigenvalue weighted by Crippen LogP contribution is 2.37. The van der Waals surface area contributed by atoms with Crippen LogP contribution in [-0.4, -0.2) is 47.0 Å². The lowest BCUT2D eigenvalue weighted by molar-refractivity contribution is -0.136. The zero-order valence-corrected chi connectivity index (χ0v) is 16.0. The lowest BCUT2D eigenvalue weighted by Gasteiger charge is -2.32. The van der Waals surface area contributed by atoms with Crippen molar-refractivity contribution in [1.82, 2.24) is 10.2 Å². The summed E-state index contributed by atoms with van der Waals surface area (Å²) < 4.78 is 12.1. The molecule has 0 saturated carbocycles. The molecule has 27 heavy (non-hydrogen) atoms. The first-order valence-corrected chi connectivity index (χ1v) is 9.22. The minimum absolute atomic E-state index is 0.196. The molecule has 1 atom stereocenters. The normalized spacial score (nSPS) is 26.4. The first kappa shape index (κ1) is 18.2. The summed E-state index contributed by atoms with van der Waals surface area (Å²) in [4.78, 5) is 38.0. The predicted octanol–water partition coefficient (Wildman–Crippen LogP) is 0.747. The lowest BCUT2D eigenvalue weighted by atomic mass is 9.78. The molecule has 3 aliphatic heterocycles. The van der Waals surface area contributed by atoms with Gasteiger partial charge in [0.15, 0.2) is 0 Å². The van der Waals surface area contributed by atoms with Crippen molar-refractivity contribution < 1.29 is 23.7 Å². The van der Waals surface area contributed by atoms with Crippen LogP contribution in [0, 0.1) is 0 Å². The van der Waals surface area contributed by atoms with Crippen LogP contribution in [0.2, 0.25) is 0 Å². The maximum atomic E-state index is 12.9. The topological polar surface area (TPSA) is 84.9 Å². The van der Waals surface area contributed by atoms with E-state index in [1.165, 1.54) is 0 Å². The van der Waals surface area contributed by atoms with Gasteiger partial charge in [0.2, 0.25) is 11.8 Å². The maximum Gasteiger partial charge on any atom is 0.494 e. The van der Waals surface area contributed by atoms with E-state index in [0.717, 1.165) is 11.0 Å². The van der Waals surface area contributed by atoms with Crippen molar-refractivity contribution in [3.63, 3.8) is 0 Å². The van der Waals surface area contributed by atoms with E-state index in [1.54, 1.807) is 11.0 Å². The molecular weight excluding hydrogens is 347 g/mol. The molecular formula is C19H23BN2O5. The van der Waals surface area contributed by atoms with Crippen molar-refractivity contribution in [2.45, 2.75) is 64.3 Å². The predicted molar refractivity (Wildman–Crippen MR) is 98.2 cm³/mol. The number of rotatable bonds is 2. The number of nitrogens with one attached hydrogen (secondary N) is 1. The number of imide groups is 1. The Balaban J connectivity index is 1.57. The van der Waals surface area contributed by atoms with Crippen LogP contribution in [0.5, 0.6) is 0 Å². The number of carbonyl (C=O) groups excluding carboxylic acids is 3. The fraction of sp³-hybridized carbons (Fsp3) is 0.526. The third kappa shape index (κ3) is 2.87. The highest BCUT2D eigenvalue weighted by atomic mass is 16.7. The van der Waals surface area contributed by atoms with Gasteiger partial charge in [0.1, 0.15) is 6.04 Å². The molecule has 0 radical (unpaired) electrons. The molecule has 0 bridgehead atoms. The molecule has 0 spiro atoms. The summed E-state index contributed by atoms with van der Waals surface area (Å²) in [7, 11) is -0.544. The molecule has 1 aromatic rings. The molecule has 1 unspecified atom stereocenters. The quantitative estimate of drug-likeness (QED) is 0.614. The van der Waals surface area contributed by atoms with Gasteiger partial charge in [-0.05, 0) is 51.2 Å². The molecule has 142 valence electrons. The van der Waals surface area contributed by atoms with Gasteiger partial charge >= 0.3 is 7.12 Å². The Morgan fingerprint density at radius 1 is 1.11 bits per heavy atom. The van der Waals surface area contributed by atoms with Crippen LogP contribution in [-0.2, 0) is 25.4 Å². The minimum Gasteiger partial charge on any atom is -0.399 e. The van der Waals surface area contributed by atoms with E-state index in [9.17, 15) is 14.4 Å². The summed E-state index contributed by atoms with van der Waals surface area (Å²) in [5, 5.41) is 2.32. The first-order chi connectivity index (χ1) is 12.6. The van der Waals surface area contributed by atoms with Crippen LogP contribution in [0.4, 0.5) is 0 Å². The molecule has 1 aromatic carbocycles. The zero-order chi connectivity index (χ0) is 19.6. The third-order valence-electron chi connectivity index (χ3n) is 6.08. The Morgan fingerprint density at radius 2 is 1.78 bits per heavy atom. The van der Waals surface area contributed by atoms with Gasteiger partial charge in [-0.25, -0.2) is 0 Å². The van der Waals surface area contributed by atoms with E-state index < -0.39 is 30.3 Å². The largest absolute Gasteiger partial charge is 0.494 e. The van der Waals surface area contributed by atoms with Crippen LogP contribution in [0.3, 0.4) is 0 Å². The van der Waals surface area contributed by atoms with Crippen molar-refractivity contribution in [3.8, 4) is 0 Å². The Kier molecular flexibility index (Phi) is 3.98. The minimum atomic E-state index is -0.608. The molecule has 4 rings (SSSR count). The molecule has 3 aliphatic rings. The van der Waals surface area contributed by atoms with Gasteiger partial charge in [0.05, 0.1) is 11.2 Å². The standard InChI is InChI=1S/C19H23BN2O5/c1-18(2)19(3,4)27-20(26-18)12-6-5-11-10-22(17(25)13(11)9-12)14-7-8-15(23)21-16(14)24/h5-6,9,14H,7-8,10H2,1-4H3,(H,21,23,24). The van der Waals surface area contributed by atoms with E-state index in [4.69, 9.17) is 9.31 Å². The lowest BCUT2D eigenvalue weighted by Crippen LogP contribution is -2.52. The van der Waals surface area contributed by atoms with Crippen LogP contribution in [0.25, 0.3) is 0 Å². The Labute approximate surface area is 158 Å². The number of amides is 3. The number of benzene rings is 1. The monoisotopic (exact) mass is 370 g/mol. The Bertz CT molecular complexity index is 835. The molecule has 0 aliphatic carbocycles. The van der Waals surface area contributed by atoms with Crippen LogP contribution in [0.15, 0.2) is 18.2 Å². The van der Waals surface area contributed by atoms with Crippen LogP contribution in [0.1, 0.15) is 56.5 Å². The van der Waals surface area contributed by atoms with Gasteiger partial charge in [-0.2, -0.15) is 0 Å². The smallest absolute Gasteiger partial charge is 0.399 e. The van der Waals surface area contributed by atoms with E-state index in [2.05, 4.69) is 5.32 Å². The fourth-order valence-corrected chi connectivity index (χ4v) is 3.70. The van der Waals surface area contributed by atoms with Crippen molar-refractivity contribution in [1.29, 1.82) is 0 Å². The van der Waals surface area contributed by atoms with Gasteiger partial charge < -0.3 is 14.2 Å². The molecule has 0 aromatic heterocycles. The number of nitrogens with zero attached hydrogens (tertiary/aromatic N) is 1. The SMILES string of the molecule is CC1(C)OB(c2ccc3c(c2)C(=O)N(C2CCC(=O)NC2=O)C3)OC1(C)C. The number of hydrogen-bond donors (Lipinski definition) is 1. The highest BCUT2D eigenvalue weighted by molar-refractivity contribution is 6.62. The second-order valence-electron chi connectivity index (χ2n) is 8.40. The zero-order valence-electron chi connectivity index (χ0n) is 16.0. The van der Waals surface area contributed by atoms with E-state index in [1.807, 2.05) is 39.8 Å². The fourth-order valence-electron chi connectivity index (χ4n) is 3.70. The first-order valence-electron chi connectivity index (χ1n) is 9.22. The summed E-state index contributed by atoms with van der Waals surface area (Å²) in [5.41, 5.74) is 1.29. The summed E-state index contributed by atoms with van der Waals surface area (Å²) in [5.74, 6) is -0.889. The van der Waals surface area contributed by atoms with E-state index in [-0.39, 0.29) is 18.2 Å². The molecule has 2 saturated heterocycles. The number of hydrogen-bond acceptors (Lipinski definition) is 5. The summed E-state index contributed by atoms with van der Waals surface area (Å²) in [6.45, 7) is 8.29. The van der Waals surface area contributed by atoms with Gasteiger partial charge in [-0.15, -0.1) is 0 Å². The van der Waals surface area contributed by atoms with Crippen molar-refractivity contribution in [2.75, 3.05) is 0 Å². The summed E-state index contributed by atoms with van der Waals surface area (Å²) in [6.07, 6.45) is 0.601. The summed E-state index contributed by atoms with van der Waals surface area (Å²) in [6, 6.07) is 4.98. The number of carbonyl (C=O) groups is 3. The highest BCUT2D eigenvalue weighted by Gasteiger charge is 2.52. The average molecular weight is 370 g/mol. The molecule has 3 amide bonds.